The monoisotopic (exact) mass is 248 g/mol. The maximum absolute atomic E-state index is 12.1. The Kier molecular flexibility index (Phi) is 4.53. The second kappa shape index (κ2) is 5.48. The molecule has 0 aromatic carbocycles. The standard InChI is InChI=1S/C9H17N2O4P/c1-4-14-16(13,15-5-2)7-8-6-10-11(3)9(8)12/h6,10H,4-5,7H2,1-3H3. The normalized spacial score (nSPS) is 11.9. The van der Waals surface area contributed by atoms with E-state index in [1.165, 1.54) is 10.9 Å². The molecule has 1 aromatic heterocycles. The van der Waals surface area contributed by atoms with E-state index in [-0.39, 0.29) is 11.7 Å². The summed E-state index contributed by atoms with van der Waals surface area (Å²) in [6.45, 7) is 4.06. The largest absolute Gasteiger partial charge is 0.335 e. The lowest BCUT2D eigenvalue weighted by Crippen LogP contribution is -2.15. The van der Waals surface area contributed by atoms with Crippen LogP contribution in [-0.2, 0) is 26.8 Å². The van der Waals surface area contributed by atoms with Gasteiger partial charge in [-0.3, -0.25) is 14.0 Å². The van der Waals surface area contributed by atoms with Gasteiger partial charge >= 0.3 is 7.60 Å². The van der Waals surface area contributed by atoms with Gasteiger partial charge in [0.2, 0.25) is 0 Å². The molecule has 1 heterocycles. The van der Waals surface area contributed by atoms with Crippen LogP contribution in [0.4, 0.5) is 0 Å². The molecule has 0 fully saturated rings. The maximum Gasteiger partial charge on any atom is 0.335 e. The molecule has 1 rings (SSSR count). The number of aromatic nitrogens is 2. The molecular formula is C9H17N2O4P. The number of hydrogen-bond acceptors (Lipinski definition) is 4. The van der Waals surface area contributed by atoms with Crippen molar-refractivity contribution in [3.63, 3.8) is 0 Å². The molecule has 0 bridgehead atoms. The van der Waals surface area contributed by atoms with Crippen molar-refractivity contribution in [2.24, 2.45) is 7.05 Å². The predicted octanol–water partition coefficient (Wildman–Crippen LogP) is 1.48. The van der Waals surface area contributed by atoms with Gasteiger partial charge in [0, 0.05) is 18.8 Å². The molecule has 92 valence electrons. The van der Waals surface area contributed by atoms with Crippen LogP contribution >= 0.6 is 7.60 Å². The summed E-state index contributed by atoms with van der Waals surface area (Å²) in [5.41, 5.74) is 0.201. The molecule has 0 aliphatic carbocycles. The Morgan fingerprint density at radius 2 is 1.94 bits per heavy atom. The Hall–Kier alpha value is -0.840. The molecule has 0 radical (unpaired) electrons. The summed E-state index contributed by atoms with van der Waals surface area (Å²) in [5.74, 6) is 0. The second-order valence-corrected chi connectivity index (χ2v) is 5.32. The summed E-state index contributed by atoms with van der Waals surface area (Å²) >= 11 is 0. The van der Waals surface area contributed by atoms with E-state index >= 15 is 0 Å². The zero-order valence-corrected chi connectivity index (χ0v) is 10.6. The number of nitrogens with one attached hydrogen (secondary N) is 1. The van der Waals surface area contributed by atoms with E-state index < -0.39 is 7.60 Å². The van der Waals surface area contributed by atoms with Gasteiger partial charge in [-0.15, -0.1) is 0 Å². The van der Waals surface area contributed by atoms with Crippen molar-refractivity contribution >= 4 is 7.60 Å². The van der Waals surface area contributed by atoms with Crippen LogP contribution in [0.2, 0.25) is 0 Å². The van der Waals surface area contributed by atoms with Crippen LogP contribution in [0, 0.1) is 0 Å². The highest BCUT2D eigenvalue weighted by Gasteiger charge is 2.26. The molecule has 7 heteroatoms. The third-order valence-corrected chi connectivity index (χ3v) is 4.06. The Bertz CT molecular complexity index is 427. The lowest BCUT2D eigenvalue weighted by Gasteiger charge is -2.15. The van der Waals surface area contributed by atoms with E-state index in [0.717, 1.165) is 0 Å². The highest BCUT2D eigenvalue weighted by Crippen LogP contribution is 2.50. The van der Waals surface area contributed by atoms with Crippen molar-refractivity contribution in [1.29, 1.82) is 0 Å². The molecule has 0 unspecified atom stereocenters. The van der Waals surface area contributed by atoms with Gasteiger partial charge in [-0.2, -0.15) is 0 Å². The van der Waals surface area contributed by atoms with Crippen molar-refractivity contribution in [2.45, 2.75) is 20.0 Å². The molecular weight excluding hydrogens is 231 g/mol. The van der Waals surface area contributed by atoms with Gasteiger partial charge in [-0.25, -0.2) is 0 Å². The molecule has 0 amide bonds. The van der Waals surface area contributed by atoms with Crippen molar-refractivity contribution in [2.75, 3.05) is 13.2 Å². The van der Waals surface area contributed by atoms with Crippen LogP contribution in [0.25, 0.3) is 0 Å². The number of aryl methyl sites for hydroxylation is 1. The van der Waals surface area contributed by atoms with Crippen LogP contribution in [-0.4, -0.2) is 23.0 Å². The van der Waals surface area contributed by atoms with Crippen molar-refractivity contribution in [1.82, 2.24) is 9.78 Å². The fourth-order valence-electron chi connectivity index (χ4n) is 1.35. The Labute approximate surface area is 94.1 Å². The molecule has 1 aromatic rings. The van der Waals surface area contributed by atoms with E-state index in [4.69, 9.17) is 9.05 Å². The zero-order chi connectivity index (χ0) is 12.2. The molecule has 0 atom stereocenters. The van der Waals surface area contributed by atoms with Crippen molar-refractivity contribution in [3.8, 4) is 0 Å². The minimum atomic E-state index is -3.19. The van der Waals surface area contributed by atoms with Crippen LogP contribution in [0.5, 0.6) is 0 Å². The lowest BCUT2D eigenvalue weighted by atomic mass is 10.4. The number of aromatic amines is 1. The van der Waals surface area contributed by atoms with Crippen molar-refractivity contribution < 1.29 is 13.6 Å². The molecule has 1 N–H and O–H groups in total. The smallest absolute Gasteiger partial charge is 0.309 e. The molecule has 0 saturated carbocycles. The van der Waals surface area contributed by atoms with Gasteiger partial charge in [-0.05, 0) is 13.8 Å². The molecule has 6 nitrogen and oxygen atoms in total. The van der Waals surface area contributed by atoms with Crippen molar-refractivity contribution in [3.05, 3.63) is 22.1 Å². The lowest BCUT2D eigenvalue weighted by molar-refractivity contribution is 0.219. The van der Waals surface area contributed by atoms with E-state index in [9.17, 15) is 9.36 Å². The van der Waals surface area contributed by atoms with E-state index in [2.05, 4.69) is 5.10 Å². The third kappa shape index (κ3) is 3.07. The van der Waals surface area contributed by atoms with Gasteiger partial charge in [-0.1, -0.05) is 0 Å². The highest BCUT2D eigenvalue weighted by atomic mass is 31.2. The first-order valence-corrected chi connectivity index (χ1v) is 6.86. The fourth-order valence-corrected chi connectivity index (χ4v) is 3.04. The van der Waals surface area contributed by atoms with E-state index in [1.54, 1.807) is 20.9 Å². The van der Waals surface area contributed by atoms with Gasteiger partial charge < -0.3 is 14.1 Å². The minimum Gasteiger partial charge on any atom is -0.309 e. The molecule has 0 aliphatic rings. The van der Waals surface area contributed by atoms with E-state index in [0.29, 0.717) is 18.8 Å². The summed E-state index contributed by atoms with van der Waals surface area (Å²) in [5, 5.41) is 2.72. The number of rotatable bonds is 6. The van der Waals surface area contributed by atoms with E-state index in [1.807, 2.05) is 0 Å². The van der Waals surface area contributed by atoms with Gasteiger partial charge in [0.25, 0.3) is 5.56 Å². The summed E-state index contributed by atoms with van der Waals surface area (Å²) in [7, 11) is -1.59. The summed E-state index contributed by atoms with van der Waals surface area (Å²) < 4.78 is 23.7. The van der Waals surface area contributed by atoms with Gasteiger partial charge in [0.15, 0.2) is 0 Å². The minimum absolute atomic E-state index is 0.00481. The number of H-pyrrole nitrogens is 1. The molecule has 0 aliphatic heterocycles. The average molecular weight is 248 g/mol. The Morgan fingerprint density at radius 1 is 1.38 bits per heavy atom. The predicted molar refractivity (Wildman–Crippen MR) is 60.6 cm³/mol. The van der Waals surface area contributed by atoms with Gasteiger partial charge in [0.05, 0.1) is 19.4 Å². The Balaban J connectivity index is 2.88. The zero-order valence-electron chi connectivity index (χ0n) is 9.73. The quantitative estimate of drug-likeness (QED) is 0.774. The third-order valence-electron chi connectivity index (χ3n) is 2.03. The first kappa shape index (κ1) is 13.2. The summed E-state index contributed by atoms with van der Waals surface area (Å²) in [6, 6.07) is 0. The SMILES string of the molecule is CCOP(=O)(Cc1c[nH]n(C)c1=O)OCC. The van der Waals surface area contributed by atoms with Gasteiger partial charge in [0.1, 0.15) is 0 Å². The van der Waals surface area contributed by atoms with Crippen LogP contribution in [0.3, 0.4) is 0 Å². The highest BCUT2D eigenvalue weighted by molar-refractivity contribution is 7.53. The first-order chi connectivity index (χ1) is 7.52. The summed E-state index contributed by atoms with van der Waals surface area (Å²) in [4.78, 5) is 11.6. The topological polar surface area (TPSA) is 73.3 Å². The first-order valence-electron chi connectivity index (χ1n) is 5.13. The Morgan fingerprint density at radius 3 is 2.31 bits per heavy atom. The molecule has 0 saturated heterocycles. The summed E-state index contributed by atoms with van der Waals surface area (Å²) in [6.07, 6.45) is 1.53. The maximum atomic E-state index is 12.1. The number of nitrogens with zero attached hydrogens (tertiary/aromatic N) is 1. The van der Waals surface area contributed by atoms with Crippen LogP contribution in [0.1, 0.15) is 19.4 Å². The number of hydrogen-bond donors (Lipinski definition) is 1. The molecule has 16 heavy (non-hydrogen) atoms. The molecule has 0 spiro atoms. The van der Waals surface area contributed by atoms with Crippen LogP contribution < -0.4 is 5.56 Å². The fraction of sp³-hybridized carbons (Fsp3) is 0.667. The average Bonchev–Trinajstić information content (AvgIpc) is 2.50. The van der Waals surface area contributed by atoms with Crippen LogP contribution in [0.15, 0.2) is 11.0 Å². The second-order valence-electron chi connectivity index (χ2n) is 3.27.